The molecule has 30 heavy (non-hydrogen) atoms. The third-order valence-corrected chi connectivity index (χ3v) is 5.61. The highest BCUT2D eigenvalue weighted by Gasteiger charge is 2.16. The van der Waals surface area contributed by atoms with Crippen molar-refractivity contribution < 1.29 is 4.79 Å². The first kappa shape index (κ1) is 21.8. The Morgan fingerprint density at radius 3 is 2.70 bits per heavy atom. The number of likely N-dealkylation sites (N-methyl/N-ethyl adjacent to an activating group) is 1. The first-order valence-corrected chi connectivity index (χ1v) is 10.4. The second kappa shape index (κ2) is 9.25. The second-order valence-corrected chi connectivity index (χ2v) is 7.56. The van der Waals surface area contributed by atoms with Crippen molar-refractivity contribution in [3.8, 4) is 0 Å². The highest BCUT2D eigenvalue weighted by Crippen LogP contribution is 2.21. The van der Waals surface area contributed by atoms with E-state index in [2.05, 4.69) is 39.2 Å². The number of nitrogens with zero attached hydrogens (tertiary/aromatic N) is 5. The van der Waals surface area contributed by atoms with Crippen molar-refractivity contribution in [2.45, 2.75) is 47.1 Å². The minimum absolute atomic E-state index is 0.139. The molecule has 3 aromatic rings. The van der Waals surface area contributed by atoms with E-state index < -0.39 is 0 Å². The standard InChI is InChI=1S/C21H31N7O2/c1-6-27(7-2)10-11-28-13-16(12-22-28)23-18(29)9-8-17-14(3)19-15(4)25-26(5)20(19)24-21(17)30/h12-13H,6-11H2,1-5H3,(H,23,29)(H,24,30). The normalized spacial score (nSPS) is 11.5. The smallest absolute Gasteiger partial charge is 0.253 e. The van der Waals surface area contributed by atoms with Crippen LogP contribution in [-0.2, 0) is 24.8 Å². The molecule has 0 aliphatic rings. The van der Waals surface area contributed by atoms with Gasteiger partial charge in [0.25, 0.3) is 5.56 Å². The predicted octanol–water partition coefficient (Wildman–Crippen LogP) is 1.99. The molecule has 9 nitrogen and oxygen atoms in total. The monoisotopic (exact) mass is 413 g/mol. The van der Waals surface area contributed by atoms with E-state index in [1.54, 1.807) is 17.9 Å². The van der Waals surface area contributed by atoms with E-state index in [9.17, 15) is 9.59 Å². The number of hydrogen-bond acceptors (Lipinski definition) is 5. The van der Waals surface area contributed by atoms with Crippen molar-refractivity contribution in [1.29, 1.82) is 0 Å². The van der Waals surface area contributed by atoms with Gasteiger partial charge in [-0.15, -0.1) is 0 Å². The fourth-order valence-corrected chi connectivity index (χ4v) is 3.85. The van der Waals surface area contributed by atoms with Crippen molar-refractivity contribution >= 4 is 22.6 Å². The lowest BCUT2D eigenvalue weighted by molar-refractivity contribution is -0.116. The third-order valence-electron chi connectivity index (χ3n) is 5.61. The van der Waals surface area contributed by atoms with E-state index >= 15 is 0 Å². The summed E-state index contributed by atoms with van der Waals surface area (Å²) in [5.74, 6) is -0.139. The lowest BCUT2D eigenvalue weighted by Gasteiger charge is -2.17. The van der Waals surface area contributed by atoms with Crippen LogP contribution in [0.5, 0.6) is 0 Å². The number of H-pyrrole nitrogens is 1. The van der Waals surface area contributed by atoms with Gasteiger partial charge >= 0.3 is 0 Å². The Morgan fingerprint density at radius 1 is 1.27 bits per heavy atom. The molecule has 0 atom stereocenters. The zero-order chi connectivity index (χ0) is 21.8. The number of fused-ring (bicyclic) bond motifs is 1. The fraction of sp³-hybridized carbons (Fsp3) is 0.524. The number of carbonyl (C=O) groups excluding carboxylic acids is 1. The molecule has 0 unspecified atom stereocenters. The molecule has 162 valence electrons. The van der Waals surface area contributed by atoms with Crippen molar-refractivity contribution in [2.75, 3.05) is 25.0 Å². The van der Waals surface area contributed by atoms with Gasteiger partial charge in [0.15, 0.2) is 0 Å². The van der Waals surface area contributed by atoms with Gasteiger partial charge in [-0.1, -0.05) is 13.8 Å². The second-order valence-electron chi connectivity index (χ2n) is 7.56. The quantitative estimate of drug-likeness (QED) is 0.559. The summed E-state index contributed by atoms with van der Waals surface area (Å²) in [5, 5.41) is 12.5. The summed E-state index contributed by atoms with van der Waals surface area (Å²) in [6, 6.07) is 0. The van der Waals surface area contributed by atoms with Gasteiger partial charge < -0.3 is 15.2 Å². The van der Waals surface area contributed by atoms with Crippen LogP contribution in [0.4, 0.5) is 5.69 Å². The SMILES string of the molecule is CCN(CC)CCn1cc(NC(=O)CCc2c(C)c3c(C)nn(C)c3[nH]c2=O)cn1. The van der Waals surface area contributed by atoms with Crippen LogP contribution in [0.1, 0.15) is 37.1 Å². The van der Waals surface area contributed by atoms with Crippen LogP contribution in [0.25, 0.3) is 11.0 Å². The van der Waals surface area contributed by atoms with Crippen LogP contribution >= 0.6 is 0 Å². The number of anilines is 1. The van der Waals surface area contributed by atoms with E-state index in [-0.39, 0.29) is 17.9 Å². The first-order valence-electron chi connectivity index (χ1n) is 10.4. The van der Waals surface area contributed by atoms with E-state index in [1.807, 2.05) is 24.7 Å². The summed E-state index contributed by atoms with van der Waals surface area (Å²) in [6.07, 6.45) is 4.08. The van der Waals surface area contributed by atoms with Gasteiger partial charge in [-0.2, -0.15) is 10.2 Å². The summed E-state index contributed by atoms with van der Waals surface area (Å²) in [7, 11) is 1.81. The van der Waals surface area contributed by atoms with E-state index in [4.69, 9.17) is 0 Å². The molecule has 0 aromatic carbocycles. The Bertz CT molecular complexity index is 1090. The Balaban J connectivity index is 1.62. The van der Waals surface area contributed by atoms with Gasteiger partial charge in [0, 0.05) is 37.2 Å². The molecule has 0 aliphatic carbocycles. The molecule has 1 amide bonds. The van der Waals surface area contributed by atoms with Gasteiger partial charge in [0.05, 0.1) is 24.1 Å². The molecule has 2 N–H and O–H groups in total. The maximum atomic E-state index is 12.5. The number of aromatic amines is 1. The Morgan fingerprint density at radius 2 is 2.00 bits per heavy atom. The maximum absolute atomic E-state index is 12.5. The molecule has 3 aromatic heterocycles. The number of rotatable bonds is 9. The Hall–Kier alpha value is -2.94. The topological polar surface area (TPSA) is 101 Å². The lowest BCUT2D eigenvalue weighted by Crippen LogP contribution is -2.27. The summed E-state index contributed by atoms with van der Waals surface area (Å²) >= 11 is 0. The molecule has 0 bridgehead atoms. The predicted molar refractivity (Wildman–Crippen MR) is 118 cm³/mol. The molecule has 0 radical (unpaired) electrons. The third kappa shape index (κ3) is 4.62. The number of amides is 1. The van der Waals surface area contributed by atoms with Crippen LogP contribution < -0.4 is 10.9 Å². The zero-order valence-electron chi connectivity index (χ0n) is 18.4. The molecule has 3 heterocycles. The molecular weight excluding hydrogens is 382 g/mol. The molecule has 9 heteroatoms. The van der Waals surface area contributed by atoms with Crippen molar-refractivity contribution in [3.63, 3.8) is 0 Å². The van der Waals surface area contributed by atoms with E-state index in [1.165, 1.54) is 0 Å². The molecule has 0 saturated heterocycles. The van der Waals surface area contributed by atoms with Crippen LogP contribution in [0.15, 0.2) is 17.2 Å². The van der Waals surface area contributed by atoms with Crippen LogP contribution in [-0.4, -0.2) is 55.0 Å². The van der Waals surface area contributed by atoms with Gasteiger partial charge in [-0.05, 0) is 38.9 Å². The molecule has 0 fully saturated rings. The fourth-order valence-electron chi connectivity index (χ4n) is 3.85. The van der Waals surface area contributed by atoms with Crippen LogP contribution in [0.2, 0.25) is 0 Å². The summed E-state index contributed by atoms with van der Waals surface area (Å²) in [5.41, 5.74) is 3.59. The average molecular weight is 414 g/mol. The van der Waals surface area contributed by atoms with Crippen molar-refractivity contribution in [2.24, 2.45) is 7.05 Å². The summed E-state index contributed by atoms with van der Waals surface area (Å²) in [6.45, 7) is 11.8. The van der Waals surface area contributed by atoms with Crippen LogP contribution in [0.3, 0.4) is 0 Å². The minimum atomic E-state index is -0.167. The van der Waals surface area contributed by atoms with Crippen molar-refractivity contribution in [1.82, 2.24) is 29.4 Å². The van der Waals surface area contributed by atoms with Gasteiger partial charge in [-0.3, -0.25) is 19.0 Å². The molecular formula is C21H31N7O2. The van der Waals surface area contributed by atoms with Crippen LogP contribution in [0, 0.1) is 13.8 Å². The minimum Gasteiger partial charge on any atom is -0.323 e. The van der Waals surface area contributed by atoms with E-state index in [0.29, 0.717) is 23.3 Å². The molecule has 0 saturated carbocycles. The zero-order valence-corrected chi connectivity index (χ0v) is 18.4. The average Bonchev–Trinajstić information content (AvgIpc) is 3.26. The number of pyridine rings is 1. The maximum Gasteiger partial charge on any atom is 0.253 e. The first-order chi connectivity index (χ1) is 14.3. The molecule has 0 spiro atoms. The number of hydrogen-bond donors (Lipinski definition) is 2. The Kier molecular flexibility index (Phi) is 6.71. The summed E-state index contributed by atoms with van der Waals surface area (Å²) < 4.78 is 3.51. The molecule has 0 aliphatic heterocycles. The van der Waals surface area contributed by atoms with Gasteiger partial charge in [0.1, 0.15) is 5.65 Å². The largest absolute Gasteiger partial charge is 0.323 e. The van der Waals surface area contributed by atoms with E-state index in [0.717, 1.165) is 42.8 Å². The number of aryl methyl sites for hydroxylation is 3. The van der Waals surface area contributed by atoms with Crippen molar-refractivity contribution in [3.05, 3.63) is 39.6 Å². The number of nitrogens with one attached hydrogen (secondary N) is 2. The molecule has 3 rings (SSSR count). The Labute approximate surface area is 176 Å². The number of carbonyl (C=O) groups is 1. The highest BCUT2D eigenvalue weighted by molar-refractivity contribution is 5.90. The lowest BCUT2D eigenvalue weighted by atomic mass is 10.0. The van der Waals surface area contributed by atoms with Gasteiger partial charge in [0.2, 0.25) is 5.91 Å². The number of aromatic nitrogens is 5. The highest BCUT2D eigenvalue weighted by atomic mass is 16.1. The summed E-state index contributed by atoms with van der Waals surface area (Å²) in [4.78, 5) is 30.2. The van der Waals surface area contributed by atoms with Gasteiger partial charge in [-0.25, -0.2) is 0 Å².